The van der Waals surface area contributed by atoms with E-state index in [4.69, 9.17) is 0 Å². The van der Waals surface area contributed by atoms with Crippen molar-refractivity contribution in [1.82, 2.24) is 4.72 Å². The minimum absolute atomic E-state index is 0.792. The van der Waals surface area contributed by atoms with Gasteiger partial charge in [-0.3, -0.25) is 0 Å². The van der Waals surface area contributed by atoms with Crippen LogP contribution in [0.3, 0.4) is 0 Å². The quantitative estimate of drug-likeness (QED) is 0.633. The third kappa shape index (κ3) is 1.63. The molecule has 0 saturated heterocycles. The number of benzene rings is 1. The van der Waals surface area contributed by atoms with Crippen LogP contribution in [0.5, 0.6) is 0 Å². The van der Waals surface area contributed by atoms with Gasteiger partial charge in [0.25, 0.3) is 0 Å². The molecule has 0 aromatic heterocycles. The van der Waals surface area contributed by atoms with Gasteiger partial charge in [-0.05, 0) is 65.6 Å². The molecule has 14 heavy (non-hydrogen) atoms. The van der Waals surface area contributed by atoms with Gasteiger partial charge in [0.15, 0.2) is 0 Å². The Morgan fingerprint density at radius 1 is 1.43 bits per heavy atom. The van der Waals surface area contributed by atoms with E-state index in [9.17, 15) is 0 Å². The zero-order chi connectivity index (χ0) is 9.54. The molecule has 1 saturated carbocycles. The second kappa shape index (κ2) is 3.57. The topological polar surface area (TPSA) is 15.3 Å². The van der Waals surface area contributed by atoms with Crippen LogP contribution in [0.1, 0.15) is 12.8 Å². The summed E-state index contributed by atoms with van der Waals surface area (Å²) in [5, 5.41) is 0. The Bertz CT molecular complexity index is 365. The van der Waals surface area contributed by atoms with Crippen LogP contribution < -0.4 is 9.62 Å². The zero-order valence-electron chi connectivity index (χ0n) is 7.66. The van der Waals surface area contributed by atoms with Gasteiger partial charge in [0, 0.05) is 14.5 Å². The lowest BCUT2D eigenvalue weighted by Gasteiger charge is -2.31. The number of nitrogens with zero attached hydrogens (tertiary/aromatic N) is 1. The van der Waals surface area contributed by atoms with E-state index in [0.29, 0.717) is 0 Å². The van der Waals surface area contributed by atoms with E-state index < -0.39 is 0 Å². The predicted octanol–water partition coefficient (Wildman–Crippen LogP) is 2.83. The van der Waals surface area contributed by atoms with E-state index in [2.05, 4.69) is 50.4 Å². The first-order valence-electron chi connectivity index (χ1n) is 4.80. The number of nitrogens with one attached hydrogen (secondary N) is 1. The molecule has 1 aliphatic carbocycles. The van der Waals surface area contributed by atoms with Crippen molar-refractivity contribution >= 4 is 40.2 Å². The lowest BCUT2D eigenvalue weighted by molar-refractivity contribution is 0.754. The van der Waals surface area contributed by atoms with Crippen molar-refractivity contribution in [2.75, 3.05) is 11.6 Å². The third-order valence-corrected chi connectivity index (χ3v) is 4.14. The summed E-state index contributed by atoms with van der Waals surface area (Å²) in [4.78, 5) is 3.86. The average molecular weight is 318 g/mol. The van der Waals surface area contributed by atoms with Crippen LogP contribution in [-0.2, 0) is 0 Å². The second-order valence-electron chi connectivity index (χ2n) is 3.72. The molecule has 1 aromatic carbocycles. The first-order valence-corrected chi connectivity index (χ1v) is 6.70. The van der Waals surface area contributed by atoms with E-state index in [-0.39, 0.29) is 0 Å². The summed E-state index contributed by atoms with van der Waals surface area (Å²) in [5.41, 5.74) is 1.42. The monoisotopic (exact) mass is 318 g/mol. The average Bonchev–Trinajstić information content (AvgIpc) is 3.00. The highest BCUT2D eigenvalue weighted by atomic mass is 127. The molecule has 3 rings (SSSR count). The Morgan fingerprint density at radius 3 is 3.07 bits per heavy atom. The number of rotatable bonds is 1. The van der Waals surface area contributed by atoms with Gasteiger partial charge in [-0.15, -0.1) is 0 Å². The standard InChI is InChI=1S/C10H11IN2S/c11-7-1-4-10-9(5-7)13(6-12-14-10)8-2-3-8/h1,4-5,8,12H,2-3,6H2. The second-order valence-corrected chi connectivity index (χ2v) is 5.90. The van der Waals surface area contributed by atoms with Gasteiger partial charge in [-0.2, -0.15) is 0 Å². The molecule has 0 bridgehead atoms. The van der Waals surface area contributed by atoms with Crippen LogP contribution in [0.4, 0.5) is 5.69 Å². The Morgan fingerprint density at radius 2 is 2.29 bits per heavy atom. The van der Waals surface area contributed by atoms with Crippen molar-refractivity contribution in [2.45, 2.75) is 23.8 Å². The summed E-state index contributed by atoms with van der Waals surface area (Å²) in [5.74, 6) is 0. The van der Waals surface area contributed by atoms with Crippen molar-refractivity contribution in [3.8, 4) is 0 Å². The summed E-state index contributed by atoms with van der Waals surface area (Å²) >= 11 is 4.13. The van der Waals surface area contributed by atoms with Crippen LogP contribution in [0.25, 0.3) is 0 Å². The number of hydrogen-bond acceptors (Lipinski definition) is 3. The molecule has 0 atom stereocenters. The van der Waals surface area contributed by atoms with E-state index >= 15 is 0 Å². The van der Waals surface area contributed by atoms with Gasteiger partial charge in [0.05, 0.1) is 12.4 Å². The summed E-state index contributed by atoms with van der Waals surface area (Å²) in [6, 6.07) is 7.47. The maximum absolute atomic E-state index is 3.37. The van der Waals surface area contributed by atoms with Crippen LogP contribution in [-0.4, -0.2) is 12.7 Å². The lowest BCUT2D eigenvalue weighted by atomic mass is 10.3. The van der Waals surface area contributed by atoms with Crippen LogP contribution in [0.2, 0.25) is 0 Å². The molecule has 1 aliphatic heterocycles. The fraction of sp³-hybridized carbons (Fsp3) is 0.400. The van der Waals surface area contributed by atoms with E-state index in [1.807, 2.05) is 0 Å². The number of hydrogen-bond donors (Lipinski definition) is 1. The molecule has 0 unspecified atom stereocenters. The molecule has 1 fully saturated rings. The molecule has 2 nitrogen and oxygen atoms in total. The lowest BCUT2D eigenvalue weighted by Crippen LogP contribution is -2.36. The first-order chi connectivity index (χ1) is 6.84. The summed E-state index contributed by atoms with van der Waals surface area (Å²) < 4.78 is 4.70. The Balaban J connectivity index is 2.02. The van der Waals surface area contributed by atoms with Crippen molar-refractivity contribution in [3.63, 3.8) is 0 Å². The molecule has 0 radical (unpaired) electrons. The SMILES string of the molecule is Ic1ccc2c(c1)N(C1CC1)CNS2. The molecule has 1 aromatic rings. The van der Waals surface area contributed by atoms with Crippen molar-refractivity contribution < 1.29 is 0 Å². The highest BCUT2D eigenvalue weighted by molar-refractivity contribution is 14.1. The van der Waals surface area contributed by atoms with Crippen LogP contribution in [0.15, 0.2) is 23.1 Å². The van der Waals surface area contributed by atoms with E-state index in [0.717, 1.165) is 12.7 Å². The highest BCUT2D eigenvalue weighted by Gasteiger charge is 2.32. The molecule has 2 aliphatic rings. The number of fused-ring (bicyclic) bond motifs is 1. The number of halogens is 1. The fourth-order valence-electron chi connectivity index (χ4n) is 1.78. The van der Waals surface area contributed by atoms with Crippen LogP contribution >= 0.6 is 34.5 Å². The van der Waals surface area contributed by atoms with Crippen molar-refractivity contribution in [2.24, 2.45) is 0 Å². The maximum Gasteiger partial charge on any atom is 0.0781 e. The predicted molar refractivity (Wildman–Crippen MR) is 68.5 cm³/mol. The Kier molecular flexibility index (Phi) is 2.37. The minimum Gasteiger partial charge on any atom is -0.354 e. The van der Waals surface area contributed by atoms with Gasteiger partial charge < -0.3 is 4.90 Å². The molecule has 0 spiro atoms. The summed E-state index contributed by atoms with van der Waals surface area (Å²) in [6.45, 7) is 0.989. The largest absolute Gasteiger partial charge is 0.354 e. The Hall–Kier alpha value is 0.0600. The van der Waals surface area contributed by atoms with Gasteiger partial charge >= 0.3 is 0 Å². The molecule has 1 heterocycles. The maximum atomic E-state index is 3.37. The number of anilines is 1. The van der Waals surface area contributed by atoms with Gasteiger partial charge in [0.2, 0.25) is 0 Å². The van der Waals surface area contributed by atoms with Gasteiger partial charge in [0.1, 0.15) is 0 Å². The van der Waals surface area contributed by atoms with Gasteiger partial charge in [-0.1, -0.05) is 0 Å². The molecule has 0 amide bonds. The molecule has 1 N–H and O–H groups in total. The van der Waals surface area contributed by atoms with Crippen molar-refractivity contribution in [1.29, 1.82) is 0 Å². The normalized spacial score (nSPS) is 20.8. The molecular formula is C10H11IN2S. The van der Waals surface area contributed by atoms with Crippen LogP contribution in [0, 0.1) is 3.57 Å². The van der Waals surface area contributed by atoms with E-state index in [1.165, 1.54) is 27.0 Å². The third-order valence-electron chi connectivity index (χ3n) is 2.64. The van der Waals surface area contributed by atoms with Crippen molar-refractivity contribution in [3.05, 3.63) is 21.8 Å². The fourth-order valence-corrected chi connectivity index (χ4v) is 3.03. The first kappa shape index (κ1) is 9.30. The zero-order valence-corrected chi connectivity index (χ0v) is 10.6. The summed E-state index contributed by atoms with van der Waals surface area (Å²) in [6.07, 6.45) is 2.72. The molecular weight excluding hydrogens is 307 g/mol. The minimum atomic E-state index is 0.792. The van der Waals surface area contributed by atoms with Gasteiger partial charge in [-0.25, -0.2) is 4.72 Å². The molecule has 74 valence electrons. The Labute approximate surface area is 102 Å². The summed E-state index contributed by atoms with van der Waals surface area (Å²) in [7, 11) is 0. The smallest absolute Gasteiger partial charge is 0.0781 e. The molecule has 4 heteroatoms. The van der Waals surface area contributed by atoms with E-state index in [1.54, 1.807) is 11.9 Å². The highest BCUT2D eigenvalue weighted by Crippen LogP contribution is 2.39.